The number of benzene rings is 1. The first-order chi connectivity index (χ1) is 10.9. The lowest BCUT2D eigenvalue weighted by molar-refractivity contribution is 0.0519. The smallest absolute Gasteiger partial charge is 0.407 e. The molecule has 1 aromatic carbocycles. The van der Waals surface area contributed by atoms with E-state index in [4.69, 9.17) is 4.74 Å². The number of carbonyl (C=O) groups excluding carboxylic acids is 1. The summed E-state index contributed by atoms with van der Waals surface area (Å²) in [6.07, 6.45) is 0.812. The minimum atomic E-state index is -0.431. The first-order valence-electron chi connectivity index (χ1n) is 8.23. The van der Waals surface area contributed by atoms with Crippen molar-refractivity contribution in [1.29, 1.82) is 0 Å². The van der Waals surface area contributed by atoms with Crippen LogP contribution in [-0.4, -0.2) is 43.3 Å². The van der Waals surface area contributed by atoms with Crippen molar-refractivity contribution in [2.75, 3.05) is 26.7 Å². The third-order valence-corrected chi connectivity index (χ3v) is 3.55. The number of rotatable bonds is 4. The van der Waals surface area contributed by atoms with E-state index in [1.165, 1.54) is 12.6 Å². The van der Waals surface area contributed by atoms with E-state index >= 15 is 0 Å². The summed E-state index contributed by atoms with van der Waals surface area (Å²) in [5, 5.41) is 2.88. The minimum absolute atomic E-state index is 0.316. The van der Waals surface area contributed by atoms with Crippen molar-refractivity contribution in [1.82, 2.24) is 10.2 Å². The predicted molar refractivity (Wildman–Crippen MR) is 94.2 cm³/mol. The summed E-state index contributed by atoms with van der Waals surface area (Å²) in [4.78, 5) is 14.1. The van der Waals surface area contributed by atoms with E-state index in [0.717, 1.165) is 26.1 Å². The summed E-state index contributed by atoms with van der Waals surface area (Å²) < 4.78 is 5.26. The number of hydrogen-bond acceptors (Lipinski definition) is 4. The van der Waals surface area contributed by atoms with E-state index in [2.05, 4.69) is 40.2 Å². The normalized spacial score (nSPS) is 18.0. The second kappa shape index (κ2) is 9.53. The molecule has 1 aromatic rings. The molecule has 0 saturated carbocycles. The molecule has 0 radical (unpaired) electrons. The first-order valence-corrected chi connectivity index (χ1v) is 8.23. The van der Waals surface area contributed by atoms with Gasteiger partial charge in [0.2, 0.25) is 0 Å². The third kappa shape index (κ3) is 8.00. The number of likely N-dealkylation sites (tertiary alicyclic amines) is 1. The summed E-state index contributed by atoms with van der Waals surface area (Å²) in [5.41, 5.74) is 5.41. The van der Waals surface area contributed by atoms with Gasteiger partial charge in [-0.15, -0.1) is 0 Å². The van der Waals surface area contributed by atoms with E-state index in [1.54, 1.807) is 0 Å². The Balaban J connectivity index is 0.00000127. The van der Waals surface area contributed by atoms with E-state index in [0.29, 0.717) is 12.5 Å². The standard InChI is InChI=1S/C17H26N2O2.CH5N/c1-17(2,3)21-16(20)18-11-15-9-10-19(13-15)12-14-7-5-4-6-8-14;1-2/h4-8,15H,9-13H2,1-3H3,(H,18,20);2H2,1H3. The van der Waals surface area contributed by atoms with Crippen LogP contribution in [0.5, 0.6) is 0 Å². The van der Waals surface area contributed by atoms with Gasteiger partial charge in [0, 0.05) is 19.6 Å². The lowest BCUT2D eigenvalue weighted by Crippen LogP contribution is -2.35. The Morgan fingerprint density at radius 2 is 1.96 bits per heavy atom. The fraction of sp³-hybridized carbons (Fsp3) is 0.611. The van der Waals surface area contributed by atoms with E-state index in [-0.39, 0.29) is 6.09 Å². The molecule has 0 aliphatic carbocycles. The Morgan fingerprint density at radius 3 is 2.57 bits per heavy atom. The molecular weight excluding hydrogens is 290 g/mol. The number of nitrogens with one attached hydrogen (secondary N) is 1. The summed E-state index contributed by atoms with van der Waals surface area (Å²) in [6, 6.07) is 10.5. The number of hydrogen-bond donors (Lipinski definition) is 2. The highest BCUT2D eigenvalue weighted by Gasteiger charge is 2.24. The van der Waals surface area contributed by atoms with Crippen LogP contribution in [0.1, 0.15) is 32.8 Å². The van der Waals surface area contributed by atoms with Crippen molar-refractivity contribution in [3.63, 3.8) is 0 Å². The molecule has 1 heterocycles. The lowest BCUT2D eigenvalue weighted by atomic mass is 10.1. The van der Waals surface area contributed by atoms with E-state index < -0.39 is 5.60 Å². The van der Waals surface area contributed by atoms with Crippen molar-refractivity contribution in [3.8, 4) is 0 Å². The van der Waals surface area contributed by atoms with Gasteiger partial charge in [-0.05, 0) is 52.3 Å². The molecule has 1 aliphatic heterocycles. The molecule has 1 aliphatic rings. The van der Waals surface area contributed by atoms with Crippen molar-refractivity contribution >= 4 is 6.09 Å². The average Bonchev–Trinajstić information content (AvgIpc) is 2.94. The second-order valence-electron chi connectivity index (χ2n) is 6.76. The largest absolute Gasteiger partial charge is 0.444 e. The van der Waals surface area contributed by atoms with E-state index in [1.807, 2.05) is 26.8 Å². The molecule has 1 saturated heterocycles. The Kier molecular flexibility index (Phi) is 8.06. The summed E-state index contributed by atoms with van der Waals surface area (Å²) in [6.45, 7) is 9.45. The molecule has 5 heteroatoms. The molecule has 1 unspecified atom stereocenters. The van der Waals surface area contributed by atoms with Gasteiger partial charge in [-0.25, -0.2) is 4.79 Å². The van der Waals surface area contributed by atoms with Crippen LogP contribution >= 0.6 is 0 Å². The van der Waals surface area contributed by atoms with Crippen LogP contribution in [0, 0.1) is 5.92 Å². The fourth-order valence-corrected chi connectivity index (χ4v) is 2.61. The highest BCUT2D eigenvalue weighted by molar-refractivity contribution is 5.67. The van der Waals surface area contributed by atoms with Gasteiger partial charge < -0.3 is 15.8 Å². The van der Waals surface area contributed by atoms with Crippen molar-refractivity contribution < 1.29 is 9.53 Å². The van der Waals surface area contributed by atoms with Crippen LogP contribution in [0.25, 0.3) is 0 Å². The summed E-state index contributed by atoms with van der Waals surface area (Å²) in [7, 11) is 1.50. The Morgan fingerprint density at radius 1 is 1.30 bits per heavy atom. The zero-order valence-electron chi connectivity index (χ0n) is 14.8. The molecular formula is C18H31N3O2. The van der Waals surface area contributed by atoms with Crippen LogP contribution in [-0.2, 0) is 11.3 Å². The highest BCUT2D eigenvalue weighted by Crippen LogP contribution is 2.18. The second-order valence-corrected chi connectivity index (χ2v) is 6.76. The highest BCUT2D eigenvalue weighted by atomic mass is 16.6. The zero-order chi connectivity index (χ0) is 17.3. The van der Waals surface area contributed by atoms with Gasteiger partial charge in [0.15, 0.2) is 0 Å². The van der Waals surface area contributed by atoms with Crippen molar-refractivity contribution in [2.45, 2.75) is 39.3 Å². The third-order valence-electron chi connectivity index (χ3n) is 3.55. The van der Waals surface area contributed by atoms with Crippen molar-refractivity contribution in [3.05, 3.63) is 35.9 Å². The number of ether oxygens (including phenoxy) is 1. The number of nitrogens with two attached hydrogens (primary N) is 1. The maximum Gasteiger partial charge on any atom is 0.407 e. The number of nitrogens with zero attached hydrogens (tertiary/aromatic N) is 1. The molecule has 0 bridgehead atoms. The van der Waals surface area contributed by atoms with Crippen LogP contribution in [0.2, 0.25) is 0 Å². The minimum Gasteiger partial charge on any atom is -0.444 e. The Bertz CT molecular complexity index is 457. The molecule has 1 fully saturated rings. The molecule has 5 nitrogen and oxygen atoms in total. The molecule has 1 amide bonds. The molecule has 3 N–H and O–H groups in total. The van der Waals surface area contributed by atoms with Gasteiger partial charge in [0.1, 0.15) is 5.60 Å². The van der Waals surface area contributed by atoms with Crippen LogP contribution in [0.3, 0.4) is 0 Å². The van der Waals surface area contributed by atoms with Crippen LogP contribution in [0.4, 0.5) is 4.79 Å². The molecule has 23 heavy (non-hydrogen) atoms. The molecule has 0 aromatic heterocycles. The maximum atomic E-state index is 11.6. The lowest BCUT2D eigenvalue weighted by Gasteiger charge is -2.21. The van der Waals surface area contributed by atoms with Gasteiger partial charge in [0.05, 0.1) is 0 Å². The van der Waals surface area contributed by atoms with Gasteiger partial charge in [-0.3, -0.25) is 4.90 Å². The molecule has 0 spiro atoms. The van der Waals surface area contributed by atoms with Crippen LogP contribution in [0.15, 0.2) is 30.3 Å². The summed E-state index contributed by atoms with van der Waals surface area (Å²) >= 11 is 0. The van der Waals surface area contributed by atoms with Gasteiger partial charge in [-0.2, -0.15) is 0 Å². The fourth-order valence-electron chi connectivity index (χ4n) is 2.61. The zero-order valence-corrected chi connectivity index (χ0v) is 14.8. The topological polar surface area (TPSA) is 67.6 Å². The van der Waals surface area contributed by atoms with E-state index in [9.17, 15) is 4.79 Å². The van der Waals surface area contributed by atoms with Crippen LogP contribution < -0.4 is 11.1 Å². The molecule has 1 atom stereocenters. The molecule has 2 rings (SSSR count). The summed E-state index contributed by atoms with van der Waals surface area (Å²) in [5.74, 6) is 0.515. The number of amides is 1. The first kappa shape index (κ1) is 19.5. The van der Waals surface area contributed by atoms with Gasteiger partial charge >= 0.3 is 6.09 Å². The molecule has 130 valence electrons. The van der Waals surface area contributed by atoms with Crippen molar-refractivity contribution in [2.24, 2.45) is 11.7 Å². The number of carbonyl (C=O) groups is 1. The Hall–Kier alpha value is -1.59. The van der Waals surface area contributed by atoms with Gasteiger partial charge in [-0.1, -0.05) is 30.3 Å². The SMILES string of the molecule is CC(C)(C)OC(=O)NCC1CCN(Cc2ccccc2)C1.CN. The number of alkyl carbamates (subject to hydrolysis) is 1. The van der Waals surface area contributed by atoms with Gasteiger partial charge in [0.25, 0.3) is 0 Å². The Labute approximate surface area is 140 Å². The monoisotopic (exact) mass is 321 g/mol. The quantitative estimate of drug-likeness (QED) is 0.894. The maximum absolute atomic E-state index is 11.6. The predicted octanol–water partition coefficient (Wildman–Crippen LogP) is 2.61. The average molecular weight is 321 g/mol.